The molecular formula is C16H26N2O3. The van der Waals surface area contributed by atoms with Crippen molar-refractivity contribution in [2.24, 2.45) is 5.73 Å². The Hall–Kier alpha value is -1.59. The molecule has 5 heteroatoms. The van der Waals surface area contributed by atoms with Crippen molar-refractivity contribution in [1.29, 1.82) is 0 Å². The van der Waals surface area contributed by atoms with Crippen molar-refractivity contribution in [2.75, 3.05) is 33.9 Å². The van der Waals surface area contributed by atoms with E-state index in [-0.39, 0.29) is 5.91 Å². The van der Waals surface area contributed by atoms with Gasteiger partial charge in [-0.2, -0.15) is 0 Å². The molecule has 2 N–H and O–H groups in total. The molecule has 5 nitrogen and oxygen atoms in total. The van der Waals surface area contributed by atoms with E-state index in [0.29, 0.717) is 26.2 Å². The quantitative estimate of drug-likeness (QED) is 0.702. The lowest BCUT2D eigenvalue weighted by atomic mass is 10.1. The highest BCUT2D eigenvalue weighted by molar-refractivity contribution is 5.81. The van der Waals surface area contributed by atoms with E-state index in [1.165, 1.54) is 0 Å². The molecule has 0 aliphatic rings. The van der Waals surface area contributed by atoms with Crippen LogP contribution in [0.3, 0.4) is 0 Å². The van der Waals surface area contributed by atoms with E-state index in [1.54, 1.807) is 19.1 Å². The third-order valence-corrected chi connectivity index (χ3v) is 3.33. The van der Waals surface area contributed by atoms with Crippen LogP contribution in [0.4, 0.5) is 0 Å². The summed E-state index contributed by atoms with van der Waals surface area (Å²) in [5.41, 5.74) is 6.96. The molecule has 118 valence electrons. The van der Waals surface area contributed by atoms with Crippen molar-refractivity contribution in [2.45, 2.75) is 25.8 Å². The van der Waals surface area contributed by atoms with Crippen molar-refractivity contribution in [3.8, 4) is 5.75 Å². The standard InChI is InChI=1S/C16H26N2O3/c1-13-7-4-5-9-15(13)21-12-10-18(2)16(19)14(17)8-6-11-20-3/h4-5,7,9,14H,6,8,10-12,17H2,1-3H3. The van der Waals surface area contributed by atoms with Gasteiger partial charge in [0.25, 0.3) is 0 Å². The van der Waals surface area contributed by atoms with Gasteiger partial charge in [0, 0.05) is 20.8 Å². The number of nitrogens with two attached hydrogens (primary N) is 1. The average Bonchev–Trinajstić information content (AvgIpc) is 2.48. The monoisotopic (exact) mass is 294 g/mol. The molecule has 1 amide bonds. The fourth-order valence-electron chi connectivity index (χ4n) is 1.98. The van der Waals surface area contributed by atoms with E-state index in [2.05, 4.69) is 0 Å². The molecule has 0 aromatic heterocycles. The molecule has 0 heterocycles. The van der Waals surface area contributed by atoms with Gasteiger partial charge in [-0.05, 0) is 31.4 Å². The highest BCUT2D eigenvalue weighted by Gasteiger charge is 2.17. The van der Waals surface area contributed by atoms with Gasteiger partial charge < -0.3 is 20.1 Å². The minimum absolute atomic E-state index is 0.0560. The number of para-hydroxylation sites is 1. The first-order valence-electron chi connectivity index (χ1n) is 7.24. The molecule has 0 bridgehead atoms. The van der Waals surface area contributed by atoms with Crippen LogP contribution in [0.2, 0.25) is 0 Å². The molecule has 0 fully saturated rings. The summed E-state index contributed by atoms with van der Waals surface area (Å²) < 4.78 is 10.6. The Bertz CT molecular complexity index is 437. The van der Waals surface area contributed by atoms with Gasteiger partial charge >= 0.3 is 0 Å². The normalized spacial score (nSPS) is 12.0. The minimum atomic E-state index is -0.469. The number of hydrogen-bond acceptors (Lipinski definition) is 4. The van der Waals surface area contributed by atoms with Crippen LogP contribution in [0.25, 0.3) is 0 Å². The van der Waals surface area contributed by atoms with Gasteiger partial charge in [-0.1, -0.05) is 18.2 Å². The lowest BCUT2D eigenvalue weighted by Gasteiger charge is -2.21. The number of benzene rings is 1. The number of ether oxygens (including phenoxy) is 2. The fraction of sp³-hybridized carbons (Fsp3) is 0.562. The molecule has 0 spiro atoms. The summed E-state index contributed by atoms with van der Waals surface area (Å²) in [7, 11) is 3.39. The Kier molecular flexibility index (Phi) is 7.79. The van der Waals surface area contributed by atoms with Crippen molar-refractivity contribution in [1.82, 2.24) is 4.90 Å². The maximum Gasteiger partial charge on any atom is 0.239 e. The van der Waals surface area contributed by atoms with Gasteiger partial charge in [0.15, 0.2) is 0 Å². The number of hydrogen-bond donors (Lipinski definition) is 1. The van der Waals surface area contributed by atoms with Crippen LogP contribution in [0.5, 0.6) is 5.75 Å². The fourth-order valence-corrected chi connectivity index (χ4v) is 1.98. The third kappa shape index (κ3) is 6.14. The Labute approximate surface area is 127 Å². The summed E-state index contributed by atoms with van der Waals surface area (Å²) in [6, 6.07) is 7.35. The largest absolute Gasteiger partial charge is 0.491 e. The second kappa shape index (κ2) is 9.37. The van der Waals surface area contributed by atoms with E-state index in [1.807, 2.05) is 31.2 Å². The second-order valence-corrected chi connectivity index (χ2v) is 5.12. The molecular weight excluding hydrogens is 268 g/mol. The van der Waals surface area contributed by atoms with Gasteiger partial charge in [0.2, 0.25) is 5.91 Å². The number of carbonyl (C=O) groups excluding carboxylic acids is 1. The van der Waals surface area contributed by atoms with Crippen molar-refractivity contribution in [3.05, 3.63) is 29.8 Å². The van der Waals surface area contributed by atoms with E-state index in [4.69, 9.17) is 15.2 Å². The van der Waals surface area contributed by atoms with Gasteiger partial charge in [-0.15, -0.1) is 0 Å². The number of amides is 1. The lowest BCUT2D eigenvalue weighted by Crippen LogP contribution is -2.43. The van der Waals surface area contributed by atoms with Crippen LogP contribution in [0, 0.1) is 6.92 Å². The summed E-state index contributed by atoms with van der Waals surface area (Å²) >= 11 is 0. The number of rotatable bonds is 9. The Morgan fingerprint density at radius 2 is 2.05 bits per heavy atom. The Balaban J connectivity index is 2.31. The molecule has 1 aromatic rings. The topological polar surface area (TPSA) is 64.8 Å². The Morgan fingerprint density at radius 3 is 2.71 bits per heavy atom. The number of nitrogens with zero attached hydrogens (tertiary/aromatic N) is 1. The molecule has 21 heavy (non-hydrogen) atoms. The van der Waals surface area contributed by atoms with Crippen LogP contribution < -0.4 is 10.5 Å². The van der Waals surface area contributed by atoms with Crippen molar-refractivity contribution in [3.63, 3.8) is 0 Å². The van der Waals surface area contributed by atoms with Crippen LogP contribution >= 0.6 is 0 Å². The summed E-state index contributed by atoms with van der Waals surface area (Å²) in [6.45, 7) is 3.60. The van der Waals surface area contributed by atoms with E-state index in [0.717, 1.165) is 17.7 Å². The first-order chi connectivity index (χ1) is 10.1. The predicted molar refractivity (Wildman–Crippen MR) is 83.4 cm³/mol. The lowest BCUT2D eigenvalue weighted by molar-refractivity contribution is -0.131. The molecule has 0 saturated heterocycles. The summed E-state index contributed by atoms with van der Waals surface area (Å²) in [5.74, 6) is 0.794. The molecule has 0 saturated carbocycles. The van der Waals surface area contributed by atoms with Crippen LogP contribution in [0.1, 0.15) is 18.4 Å². The van der Waals surface area contributed by atoms with Gasteiger partial charge in [0.05, 0.1) is 12.6 Å². The first kappa shape index (κ1) is 17.5. The summed E-state index contributed by atoms with van der Waals surface area (Å²) in [5, 5.41) is 0. The molecule has 1 unspecified atom stereocenters. The number of methoxy groups -OCH3 is 1. The maximum absolute atomic E-state index is 12.1. The molecule has 0 aliphatic carbocycles. The zero-order valence-electron chi connectivity index (χ0n) is 13.2. The van der Waals surface area contributed by atoms with E-state index >= 15 is 0 Å². The first-order valence-corrected chi connectivity index (χ1v) is 7.24. The molecule has 0 aliphatic heterocycles. The van der Waals surface area contributed by atoms with Crippen molar-refractivity contribution >= 4 is 5.91 Å². The smallest absolute Gasteiger partial charge is 0.239 e. The van der Waals surface area contributed by atoms with Gasteiger partial charge in [-0.3, -0.25) is 4.79 Å². The summed E-state index contributed by atoms with van der Waals surface area (Å²) in [6.07, 6.45) is 1.42. The predicted octanol–water partition coefficient (Wildman–Crippen LogP) is 1.59. The SMILES string of the molecule is COCCCC(N)C(=O)N(C)CCOc1ccccc1C. The molecule has 1 aromatic carbocycles. The van der Waals surface area contributed by atoms with Crippen molar-refractivity contribution < 1.29 is 14.3 Å². The third-order valence-electron chi connectivity index (χ3n) is 3.33. The average molecular weight is 294 g/mol. The number of likely N-dealkylation sites (N-methyl/N-ethyl adjacent to an activating group) is 1. The molecule has 1 rings (SSSR count). The second-order valence-electron chi connectivity index (χ2n) is 5.12. The highest BCUT2D eigenvalue weighted by atomic mass is 16.5. The molecule has 0 radical (unpaired) electrons. The van der Waals surface area contributed by atoms with Crippen LogP contribution in [-0.2, 0) is 9.53 Å². The number of aryl methyl sites for hydroxylation is 1. The van der Waals surface area contributed by atoms with Crippen LogP contribution in [0.15, 0.2) is 24.3 Å². The zero-order chi connectivity index (χ0) is 15.7. The number of carbonyl (C=O) groups is 1. The zero-order valence-corrected chi connectivity index (χ0v) is 13.2. The Morgan fingerprint density at radius 1 is 1.33 bits per heavy atom. The maximum atomic E-state index is 12.1. The minimum Gasteiger partial charge on any atom is -0.491 e. The van der Waals surface area contributed by atoms with Crippen LogP contribution in [-0.4, -0.2) is 50.8 Å². The highest BCUT2D eigenvalue weighted by Crippen LogP contribution is 2.15. The molecule has 1 atom stereocenters. The van der Waals surface area contributed by atoms with E-state index < -0.39 is 6.04 Å². The van der Waals surface area contributed by atoms with E-state index in [9.17, 15) is 4.79 Å². The van der Waals surface area contributed by atoms with Gasteiger partial charge in [-0.25, -0.2) is 0 Å². The summed E-state index contributed by atoms with van der Waals surface area (Å²) in [4.78, 5) is 13.7. The van der Waals surface area contributed by atoms with Gasteiger partial charge in [0.1, 0.15) is 12.4 Å².